The monoisotopic (exact) mass is 251 g/mol. The van der Waals surface area contributed by atoms with Crippen molar-refractivity contribution in [3.8, 4) is 0 Å². The molecule has 1 aromatic heterocycles. The SMILES string of the molecule is Cc1ncsc1C(Cc1ccccc1F)NN. The van der Waals surface area contributed by atoms with E-state index in [1.54, 1.807) is 17.6 Å². The van der Waals surface area contributed by atoms with E-state index in [1.807, 2.05) is 13.0 Å². The number of nitrogens with zero attached hydrogens (tertiary/aromatic N) is 1. The Labute approximate surface area is 103 Å². The third-order valence-corrected chi connectivity index (χ3v) is 3.73. The topological polar surface area (TPSA) is 50.9 Å². The molecule has 0 fully saturated rings. The maximum atomic E-state index is 13.5. The van der Waals surface area contributed by atoms with E-state index < -0.39 is 0 Å². The molecule has 0 bridgehead atoms. The van der Waals surface area contributed by atoms with Crippen LogP contribution in [0.15, 0.2) is 29.8 Å². The van der Waals surface area contributed by atoms with Crippen LogP contribution in [0, 0.1) is 12.7 Å². The Morgan fingerprint density at radius 3 is 2.82 bits per heavy atom. The van der Waals surface area contributed by atoms with Crippen LogP contribution in [-0.4, -0.2) is 4.98 Å². The van der Waals surface area contributed by atoms with E-state index in [4.69, 9.17) is 5.84 Å². The molecular weight excluding hydrogens is 237 g/mol. The third kappa shape index (κ3) is 2.69. The molecule has 17 heavy (non-hydrogen) atoms. The fourth-order valence-electron chi connectivity index (χ4n) is 1.76. The van der Waals surface area contributed by atoms with Gasteiger partial charge >= 0.3 is 0 Å². The summed E-state index contributed by atoms with van der Waals surface area (Å²) in [5.41, 5.74) is 6.09. The normalized spacial score (nSPS) is 12.6. The Hall–Kier alpha value is -1.30. The van der Waals surface area contributed by atoms with Gasteiger partial charge in [0.15, 0.2) is 0 Å². The van der Waals surface area contributed by atoms with Crippen molar-refractivity contribution in [1.82, 2.24) is 10.4 Å². The molecule has 3 N–H and O–H groups in total. The first-order valence-corrected chi connectivity index (χ1v) is 6.20. The van der Waals surface area contributed by atoms with Crippen LogP contribution in [0.4, 0.5) is 4.39 Å². The van der Waals surface area contributed by atoms with E-state index in [9.17, 15) is 4.39 Å². The lowest BCUT2D eigenvalue weighted by Crippen LogP contribution is -2.29. The van der Waals surface area contributed by atoms with Crippen molar-refractivity contribution >= 4 is 11.3 Å². The molecule has 3 nitrogen and oxygen atoms in total. The maximum absolute atomic E-state index is 13.5. The fraction of sp³-hybridized carbons (Fsp3) is 0.250. The number of thiazole rings is 1. The Kier molecular flexibility index (Phi) is 3.83. The molecule has 0 spiro atoms. The predicted octanol–water partition coefficient (Wildman–Crippen LogP) is 2.34. The molecule has 2 rings (SSSR count). The second-order valence-corrected chi connectivity index (χ2v) is 4.70. The minimum absolute atomic E-state index is 0.0978. The molecule has 1 atom stereocenters. The first-order chi connectivity index (χ1) is 8.22. The number of nitrogens with two attached hydrogens (primary N) is 1. The van der Waals surface area contributed by atoms with Crippen LogP contribution in [0.5, 0.6) is 0 Å². The molecule has 5 heteroatoms. The molecule has 1 aromatic carbocycles. The van der Waals surface area contributed by atoms with Gasteiger partial charge in [-0.05, 0) is 25.0 Å². The van der Waals surface area contributed by atoms with Crippen LogP contribution in [0.25, 0.3) is 0 Å². The van der Waals surface area contributed by atoms with Gasteiger partial charge in [0.2, 0.25) is 0 Å². The highest BCUT2D eigenvalue weighted by atomic mass is 32.1. The standard InChI is InChI=1S/C12H14FN3S/c1-8-12(17-7-15-8)11(16-14)6-9-4-2-3-5-10(9)13/h2-5,7,11,16H,6,14H2,1H3. The molecule has 90 valence electrons. The number of aromatic nitrogens is 1. The number of hydrogen-bond donors (Lipinski definition) is 2. The largest absolute Gasteiger partial charge is 0.271 e. The van der Waals surface area contributed by atoms with Crippen molar-refractivity contribution in [1.29, 1.82) is 0 Å². The fourth-order valence-corrected chi connectivity index (χ4v) is 2.62. The number of hydrogen-bond acceptors (Lipinski definition) is 4. The Bertz CT molecular complexity index is 498. The van der Waals surface area contributed by atoms with Crippen molar-refractivity contribution in [2.75, 3.05) is 0 Å². The lowest BCUT2D eigenvalue weighted by Gasteiger charge is -2.15. The van der Waals surface area contributed by atoms with Crippen LogP contribution in [-0.2, 0) is 6.42 Å². The zero-order chi connectivity index (χ0) is 12.3. The Balaban J connectivity index is 2.22. The third-order valence-electron chi connectivity index (χ3n) is 2.68. The first-order valence-electron chi connectivity index (χ1n) is 5.32. The van der Waals surface area contributed by atoms with Gasteiger partial charge in [-0.15, -0.1) is 11.3 Å². The average molecular weight is 251 g/mol. The molecule has 2 aromatic rings. The number of hydrazine groups is 1. The summed E-state index contributed by atoms with van der Waals surface area (Å²) in [4.78, 5) is 5.23. The van der Waals surface area contributed by atoms with Crippen LogP contribution >= 0.6 is 11.3 Å². The summed E-state index contributed by atoms with van der Waals surface area (Å²) in [5, 5.41) is 0. The molecule has 1 unspecified atom stereocenters. The molecule has 0 saturated heterocycles. The Morgan fingerprint density at radius 1 is 1.47 bits per heavy atom. The molecular formula is C12H14FN3S. The zero-order valence-corrected chi connectivity index (χ0v) is 10.3. The number of nitrogens with one attached hydrogen (secondary N) is 1. The molecule has 1 heterocycles. The predicted molar refractivity (Wildman–Crippen MR) is 67.0 cm³/mol. The molecule has 0 amide bonds. The van der Waals surface area contributed by atoms with Gasteiger partial charge in [0.25, 0.3) is 0 Å². The molecule has 0 saturated carbocycles. The van der Waals surface area contributed by atoms with Gasteiger partial charge in [-0.1, -0.05) is 18.2 Å². The second-order valence-electron chi connectivity index (χ2n) is 3.82. The maximum Gasteiger partial charge on any atom is 0.126 e. The first kappa shape index (κ1) is 12.2. The van der Waals surface area contributed by atoms with Crippen molar-refractivity contribution < 1.29 is 4.39 Å². The molecule has 0 aliphatic heterocycles. The second kappa shape index (κ2) is 5.35. The summed E-state index contributed by atoms with van der Waals surface area (Å²) in [7, 11) is 0. The summed E-state index contributed by atoms with van der Waals surface area (Å²) < 4.78 is 13.5. The number of aryl methyl sites for hydroxylation is 1. The van der Waals surface area contributed by atoms with Gasteiger partial charge < -0.3 is 0 Å². The number of halogens is 1. The zero-order valence-electron chi connectivity index (χ0n) is 9.48. The van der Waals surface area contributed by atoms with Gasteiger partial charge in [-0.2, -0.15) is 0 Å². The summed E-state index contributed by atoms with van der Waals surface area (Å²) in [6, 6.07) is 6.64. The van der Waals surface area contributed by atoms with Crippen molar-refractivity contribution in [3.63, 3.8) is 0 Å². The van der Waals surface area contributed by atoms with Gasteiger partial charge in [-0.25, -0.2) is 9.37 Å². The van der Waals surface area contributed by atoms with E-state index in [2.05, 4.69) is 10.4 Å². The minimum atomic E-state index is -0.199. The number of benzene rings is 1. The van der Waals surface area contributed by atoms with Crippen molar-refractivity contribution in [2.24, 2.45) is 5.84 Å². The molecule has 0 aliphatic rings. The van der Waals surface area contributed by atoms with Crippen LogP contribution < -0.4 is 11.3 Å². The van der Waals surface area contributed by atoms with Gasteiger partial charge in [-0.3, -0.25) is 11.3 Å². The van der Waals surface area contributed by atoms with Gasteiger partial charge in [0.1, 0.15) is 5.82 Å². The Morgan fingerprint density at radius 2 is 2.24 bits per heavy atom. The van der Waals surface area contributed by atoms with Gasteiger partial charge in [0, 0.05) is 4.88 Å². The smallest absolute Gasteiger partial charge is 0.126 e. The van der Waals surface area contributed by atoms with E-state index in [0.29, 0.717) is 12.0 Å². The highest BCUT2D eigenvalue weighted by Gasteiger charge is 2.16. The van der Waals surface area contributed by atoms with E-state index >= 15 is 0 Å². The van der Waals surface area contributed by atoms with E-state index in [0.717, 1.165) is 10.6 Å². The molecule has 0 radical (unpaired) electrons. The van der Waals surface area contributed by atoms with Crippen LogP contribution in [0.1, 0.15) is 22.2 Å². The van der Waals surface area contributed by atoms with Gasteiger partial charge in [0.05, 0.1) is 17.2 Å². The van der Waals surface area contributed by atoms with Crippen molar-refractivity contribution in [2.45, 2.75) is 19.4 Å². The summed E-state index contributed by atoms with van der Waals surface area (Å²) >= 11 is 1.53. The quantitative estimate of drug-likeness (QED) is 0.648. The minimum Gasteiger partial charge on any atom is -0.271 e. The number of rotatable bonds is 4. The van der Waals surface area contributed by atoms with Crippen LogP contribution in [0.3, 0.4) is 0 Å². The summed E-state index contributed by atoms with van der Waals surface area (Å²) in [6.07, 6.45) is 0.520. The summed E-state index contributed by atoms with van der Waals surface area (Å²) in [5.74, 6) is 5.34. The van der Waals surface area contributed by atoms with E-state index in [-0.39, 0.29) is 11.9 Å². The van der Waals surface area contributed by atoms with Crippen LogP contribution in [0.2, 0.25) is 0 Å². The highest BCUT2D eigenvalue weighted by molar-refractivity contribution is 7.09. The lowest BCUT2D eigenvalue weighted by molar-refractivity contribution is 0.533. The average Bonchev–Trinajstić information content (AvgIpc) is 2.75. The van der Waals surface area contributed by atoms with E-state index in [1.165, 1.54) is 17.4 Å². The summed E-state index contributed by atoms with van der Waals surface area (Å²) in [6.45, 7) is 1.93. The lowest BCUT2D eigenvalue weighted by atomic mass is 10.0. The van der Waals surface area contributed by atoms with Crippen molar-refractivity contribution in [3.05, 3.63) is 51.7 Å². The highest BCUT2D eigenvalue weighted by Crippen LogP contribution is 2.25. The molecule has 0 aliphatic carbocycles.